The number of thiophene rings is 1. The van der Waals surface area contributed by atoms with E-state index in [1.165, 1.54) is 21.1 Å². The van der Waals surface area contributed by atoms with E-state index in [4.69, 9.17) is 0 Å². The number of likely N-dealkylation sites (N-methyl/N-ethyl adjacent to an activating group) is 1. The quantitative estimate of drug-likeness (QED) is 0.765. The summed E-state index contributed by atoms with van der Waals surface area (Å²) in [5.41, 5.74) is 0.926. The van der Waals surface area contributed by atoms with Crippen LogP contribution in [0.3, 0.4) is 0 Å². The Balaban J connectivity index is 2.22. The zero-order valence-corrected chi connectivity index (χ0v) is 16.2. The predicted molar refractivity (Wildman–Crippen MR) is 98.6 cm³/mol. The van der Waals surface area contributed by atoms with Gasteiger partial charge >= 0.3 is 0 Å². The van der Waals surface area contributed by atoms with Gasteiger partial charge in [0.15, 0.2) is 0 Å². The highest BCUT2D eigenvalue weighted by Crippen LogP contribution is 2.23. The van der Waals surface area contributed by atoms with Crippen LogP contribution in [0.5, 0.6) is 0 Å². The molecular formula is C17H25N3OS2. The third-order valence-corrected chi connectivity index (χ3v) is 5.57. The number of amides is 1. The molecule has 126 valence electrons. The van der Waals surface area contributed by atoms with Crippen molar-refractivity contribution in [1.82, 2.24) is 14.8 Å². The lowest BCUT2D eigenvalue weighted by molar-refractivity contribution is 0.0737. The average Bonchev–Trinajstić information content (AvgIpc) is 3.08. The van der Waals surface area contributed by atoms with Crippen LogP contribution in [0.2, 0.25) is 0 Å². The molecule has 0 unspecified atom stereocenters. The maximum absolute atomic E-state index is 13.0. The van der Waals surface area contributed by atoms with Gasteiger partial charge in [-0.05, 0) is 46.5 Å². The Labute approximate surface area is 146 Å². The summed E-state index contributed by atoms with van der Waals surface area (Å²) in [6.07, 6.45) is 0.797. The molecule has 0 aromatic carbocycles. The first-order valence-electron chi connectivity index (χ1n) is 7.86. The minimum Gasteiger partial charge on any atom is -0.331 e. The second-order valence-corrected chi connectivity index (χ2v) is 8.48. The van der Waals surface area contributed by atoms with E-state index in [1.54, 1.807) is 11.3 Å². The topological polar surface area (TPSA) is 36.4 Å². The van der Waals surface area contributed by atoms with E-state index in [1.807, 2.05) is 25.9 Å². The maximum Gasteiger partial charge on any atom is 0.266 e. The summed E-state index contributed by atoms with van der Waals surface area (Å²) in [5.74, 6) is 0.111. The summed E-state index contributed by atoms with van der Waals surface area (Å²) in [4.78, 5) is 24.9. The highest BCUT2D eigenvalue weighted by molar-refractivity contribution is 7.13. The van der Waals surface area contributed by atoms with E-state index in [-0.39, 0.29) is 5.91 Å². The van der Waals surface area contributed by atoms with Crippen molar-refractivity contribution in [2.75, 3.05) is 27.2 Å². The lowest BCUT2D eigenvalue weighted by Gasteiger charge is -2.23. The van der Waals surface area contributed by atoms with Crippen LogP contribution in [0.4, 0.5) is 0 Å². The lowest BCUT2D eigenvalue weighted by Crippen LogP contribution is -2.36. The molecule has 6 heteroatoms. The van der Waals surface area contributed by atoms with Crippen LogP contribution in [0.15, 0.2) is 12.1 Å². The Bertz CT molecular complexity index is 661. The third kappa shape index (κ3) is 4.86. The highest BCUT2D eigenvalue weighted by atomic mass is 32.1. The number of thiazole rings is 1. The number of hydrogen-bond acceptors (Lipinski definition) is 5. The van der Waals surface area contributed by atoms with Crippen LogP contribution in [0, 0.1) is 13.8 Å². The number of carbonyl (C=O) groups excluding carboxylic acids is 1. The largest absolute Gasteiger partial charge is 0.331 e. The van der Waals surface area contributed by atoms with E-state index < -0.39 is 0 Å². The monoisotopic (exact) mass is 351 g/mol. The van der Waals surface area contributed by atoms with Gasteiger partial charge in [0.2, 0.25) is 0 Å². The van der Waals surface area contributed by atoms with Gasteiger partial charge in [0.25, 0.3) is 5.91 Å². The van der Waals surface area contributed by atoms with E-state index in [0.717, 1.165) is 35.1 Å². The Morgan fingerprint density at radius 1 is 1.17 bits per heavy atom. The Morgan fingerprint density at radius 2 is 1.91 bits per heavy atom. The van der Waals surface area contributed by atoms with E-state index >= 15 is 0 Å². The molecule has 0 saturated heterocycles. The number of hydrogen-bond donors (Lipinski definition) is 0. The fraction of sp³-hybridized carbons (Fsp3) is 0.529. The molecule has 0 N–H and O–H groups in total. The summed E-state index contributed by atoms with van der Waals surface area (Å²) in [6.45, 7) is 8.37. The van der Waals surface area contributed by atoms with Crippen molar-refractivity contribution in [2.24, 2.45) is 0 Å². The number of rotatable bonds is 7. The fourth-order valence-corrected chi connectivity index (χ4v) is 4.23. The van der Waals surface area contributed by atoms with Gasteiger partial charge in [-0.1, -0.05) is 6.92 Å². The van der Waals surface area contributed by atoms with Gasteiger partial charge in [0.05, 0.1) is 17.2 Å². The second kappa shape index (κ2) is 8.04. The van der Waals surface area contributed by atoms with Crippen LogP contribution >= 0.6 is 22.7 Å². The van der Waals surface area contributed by atoms with Crippen molar-refractivity contribution >= 4 is 28.6 Å². The van der Waals surface area contributed by atoms with Gasteiger partial charge in [-0.15, -0.1) is 22.7 Å². The van der Waals surface area contributed by atoms with E-state index in [0.29, 0.717) is 6.54 Å². The smallest absolute Gasteiger partial charge is 0.266 e. The first-order chi connectivity index (χ1) is 10.9. The minimum atomic E-state index is 0.111. The average molecular weight is 352 g/mol. The Hall–Kier alpha value is -1.24. The van der Waals surface area contributed by atoms with E-state index in [2.05, 4.69) is 35.9 Å². The zero-order valence-electron chi connectivity index (χ0n) is 14.5. The summed E-state index contributed by atoms with van der Waals surface area (Å²) >= 11 is 3.27. The normalized spacial score (nSPS) is 11.2. The fourth-order valence-electron chi connectivity index (χ4n) is 2.35. The molecule has 0 fully saturated rings. The van der Waals surface area contributed by atoms with E-state index in [9.17, 15) is 4.79 Å². The van der Waals surface area contributed by atoms with Gasteiger partial charge < -0.3 is 9.80 Å². The first kappa shape index (κ1) is 18.1. The van der Waals surface area contributed by atoms with Crippen molar-refractivity contribution in [3.05, 3.63) is 37.5 Å². The van der Waals surface area contributed by atoms with Crippen molar-refractivity contribution in [3.8, 4) is 0 Å². The predicted octanol–water partition coefficient (Wildman–Crippen LogP) is 3.59. The molecule has 0 saturated carbocycles. The number of aromatic nitrogens is 1. The number of aryl methyl sites for hydroxylation is 3. The molecule has 23 heavy (non-hydrogen) atoms. The summed E-state index contributed by atoms with van der Waals surface area (Å²) < 4.78 is 0. The zero-order chi connectivity index (χ0) is 17.0. The summed E-state index contributed by atoms with van der Waals surface area (Å²) in [5, 5.41) is 0.963. The molecule has 2 heterocycles. The Morgan fingerprint density at radius 3 is 2.48 bits per heavy atom. The molecular weight excluding hydrogens is 326 g/mol. The maximum atomic E-state index is 13.0. The van der Waals surface area contributed by atoms with Gasteiger partial charge in [-0.2, -0.15) is 0 Å². The van der Waals surface area contributed by atoms with Gasteiger partial charge in [0, 0.05) is 22.8 Å². The standard InChI is InChI=1S/C17H25N3OS2/c1-6-15-16(23-13(3)18-15)17(21)20(10-9-19(4)5)11-14-8-7-12(2)22-14/h7-8H,6,9-11H2,1-5H3. The molecule has 0 radical (unpaired) electrons. The molecule has 2 aromatic rings. The van der Waals surface area contributed by atoms with Crippen LogP contribution < -0.4 is 0 Å². The first-order valence-corrected chi connectivity index (χ1v) is 9.49. The van der Waals surface area contributed by atoms with Crippen molar-refractivity contribution in [3.63, 3.8) is 0 Å². The van der Waals surface area contributed by atoms with Crippen LogP contribution in [0.25, 0.3) is 0 Å². The molecule has 0 spiro atoms. The third-order valence-electron chi connectivity index (χ3n) is 3.58. The molecule has 4 nitrogen and oxygen atoms in total. The van der Waals surface area contributed by atoms with Crippen molar-refractivity contribution < 1.29 is 4.79 Å². The van der Waals surface area contributed by atoms with Crippen molar-refractivity contribution in [1.29, 1.82) is 0 Å². The molecule has 0 aliphatic carbocycles. The van der Waals surface area contributed by atoms with Crippen LogP contribution in [-0.2, 0) is 13.0 Å². The van der Waals surface area contributed by atoms with Gasteiger partial charge in [0.1, 0.15) is 4.88 Å². The van der Waals surface area contributed by atoms with Crippen LogP contribution in [0.1, 0.15) is 37.1 Å². The SMILES string of the molecule is CCc1nc(C)sc1C(=O)N(CCN(C)C)Cc1ccc(C)s1. The molecule has 1 amide bonds. The molecule has 2 rings (SSSR count). The van der Waals surface area contributed by atoms with Gasteiger partial charge in [-0.25, -0.2) is 4.98 Å². The second-order valence-electron chi connectivity index (χ2n) is 5.90. The summed E-state index contributed by atoms with van der Waals surface area (Å²) in [7, 11) is 4.07. The summed E-state index contributed by atoms with van der Waals surface area (Å²) in [6, 6.07) is 4.23. The minimum absolute atomic E-state index is 0.111. The number of nitrogens with zero attached hydrogens (tertiary/aromatic N) is 3. The van der Waals surface area contributed by atoms with Gasteiger partial charge in [-0.3, -0.25) is 4.79 Å². The highest BCUT2D eigenvalue weighted by Gasteiger charge is 2.22. The van der Waals surface area contributed by atoms with Crippen LogP contribution in [-0.4, -0.2) is 47.9 Å². The Kier molecular flexibility index (Phi) is 6.33. The molecule has 0 aliphatic rings. The lowest BCUT2D eigenvalue weighted by atomic mass is 10.2. The molecule has 0 atom stereocenters. The molecule has 0 bridgehead atoms. The molecule has 0 aliphatic heterocycles. The molecule has 2 aromatic heterocycles. The van der Waals surface area contributed by atoms with Crippen molar-refractivity contribution in [2.45, 2.75) is 33.7 Å². The number of carbonyl (C=O) groups is 1.